The molecular formula is C10H10O4. The smallest absolute Gasteiger partial charge is 0.379 e. The molecule has 0 aliphatic heterocycles. The molecule has 0 saturated heterocycles. The highest BCUT2D eigenvalue weighted by Crippen LogP contribution is 2.17. The van der Waals surface area contributed by atoms with Crippen molar-refractivity contribution in [1.82, 2.24) is 0 Å². The second-order valence-corrected chi connectivity index (χ2v) is 2.66. The number of carbonyl (C=O) groups excluding carboxylic acids is 2. The van der Waals surface area contributed by atoms with Crippen molar-refractivity contribution in [3.63, 3.8) is 0 Å². The van der Waals surface area contributed by atoms with E-state index >= 15 is 0 Å². The molecule has 74 valence electrons. The summed E-state index contributed by atoms with van der Waals surface area (Å²) in [4.78, 5) is 21.9. The summed E-state index contributed by atoms with van der Waals surface area (Å²) >= 11 is 0. The largest absolute Gasteiger partial charge is 0.508 e. The van der Waals surface area contributed by atoms with Crippen LogP contribution in [0.2, 0.25) is 0 Å². The summed E-state index contributed by atoms with van der Waals surface area (Å²) < 4.78 is 4.70. The van der Waals surface area contributed by atoms with E-state index in [1.165, 1.54) is 24.3 Å². The predicted octanol–water partition coefficient (Wildman–Crippen LogP) is 1.28. The number of aromatic hydroxyl groups is 1. The molecule has 0 aromatic heterocycles. The second kappa shape index (κ2) is 4.41. The average Bonchev–Trinajstić information content (AvgIpc) is 2.16. The molecule has 0 unspecified atom stereocenters. The van der Waals surface area contributed by atoms with Crippen molar-refractivity contribution >= 4 is 11.8 Å². The van der Waals surface area contributed by atoms with Gasteiger partial charge in [-0.1, -0.05) is 13.0 Å². The lowest BCUT2D eigenvalue weighted by molar-refractivity contribution is -0.146. The summed E-state index contributed by atoms with van der Waals surface area (Å²) in [5, 5.41) is 9.05. The van der Waals surface area contributed by atoms with Crippen LogP contribution < -0.4 is 4.74 Å². The molecule has 0 bridgehead atoms. The number of ether oxygens (including phenoxy) is 1. The maximum Gasteiger partial charge on any atom is 0.379 e. The van der Waals surface area contributed by atoms with Crippen LogP contribution in [0.3, 0.4) is 0 Å². The number of phenols is 1. The van der Waals surface area contributed by atoms with Crippen LogP contribution in [0.15, 0.2) is 24.3 Å². The van der Waals surface area contributed by atoms with Gasteiger partial charge in [-0.15, -0.1) is 0 Å². The molecule has 0 heterocycles. The summed E-state index contributed by atoms with van der Waals surface area (Å²) in [6, 6.07) is 5.72. The summed E-state index contributed by atoms with van der Waals surface area (Å²) in [6.45, 7) is 1.58. The number of benzene rings is 1. The number of phenolic OH excluding ortho intramolecular Hbond substituents is 1. The maximum absolute atomic E-state index is 11.0. The first-order valence-corrected chi connectivity index (χ1v) is 4.17. The third kappa shape index (κ3) is 2.58. The zero-order chi connectivity index (χ0) is 10.6. The molecule has 4 heteroatoms. The highest BCUT2D eigenvalue weighted by atomic mass is 16.5. The van der Waals surface area contributed by atoms with Crippen molar-refractivity contribution in [3.8, 4) is 11.5 Å². The van der Waals surface area contributed by atoms with Crippen molar-refractivity contribution in [2.75, 3.05) is 0 Å². The fraction of sp³-hybridized carbons (Fsp3) is 0.200. The summed E-state index contributed by atoms with van der Waals surface area (Å²) in [6.07, 6.45) is 0.109. The molecule has 1 N–H and O–H groups in total. The number of esters is 1. The number of hydrogen-bond acceptors (Lipinski definition) is 4. The highest BCUT2D eigenvalue weighted by molar-refractivity contribution is 6.34. The summed E-state index contributed by atoms with van der Waals surface area (Å²) in [5.41, 5.74) is 0. The van der Waals surface area contributed by atoms with E-state index in [0.717, 1.165) is 0 Å². The van der Waals surface area contributed by atoms with Crippen molar-refractivity contribution in [2.45, 2.75) is 13.3 Å². The van der Waals surface area contributed by atoms with Gasteiger partial charge in [-0.2, -0.15) is 0 Å². The van der Waals surface area contributed by atoms with Gasteiger partial charge in [0, 0.05) is 12.5 Å². The van der Waals surface area contributed by atoms with Gasteiger partial charge in [-0.05, 0) is 12.1 Å². The minimum absolute atomic E-state index is 0.0146. The number of ketones is 1. The van der Waals surface area contributed by atoms with Gasteiger partial charge in [0.05, 0.1) is 0 Å². The Morgan fingerprint density at radius 2 is 2.14 bits per heavy atom. The van der Waals surface area contributed by atoms with Crippen LogP contribution in [0.4, 0.5) is 0 Å². The van der Waals surface area contributed by atoms with Gasteiger partial charge < -0.3 is 9.84 Å². The Kier molecular flexibility index (Phi) is 3.23. The van der Waals surface area contributed by atoms with E-state index in [0.29, 0.717) is 0 Å². The maximum atomic E-state index is 11.0. The fourth-order valence-corrected chi connectivity index (χ4v) is 0.855. The Balaban J connectivity index is 2.70. The lowest BCUT2D eigenvalue weighted by Crippen LogP contribution is -2.19. The third-order valence-corrected chi connectivity index (χ3v) is 1.58. The van der Waals surface area contributed by atoms with Gasteiger partial charge in [0.1, 0.15) is 11.5 Å². The van der Waals surface area contributed by atoms with Crippen LogP contribution in [0, 0.1) is 0 Å². The van der Waals surface area contributed by atoms with Gasteiger partial charge in [-0.3, -0.25) is 4.79 Å². The standard InChI is InChI=1S/C10H10O4/c1-2-9(12)10(13)14-8-5-3-4-7(11)6-8/h3-6,11H,2H2,1H3. The predicted molar refractivity (Wildman–Crippen MR) is 49.0 cm³/mol. The number of carbonyl (C=O) groups is 2. The van der Waals surface area contributed by atoms with Crippen molar-refractivity contribution in [1.29, 1.82) is 0 Å². The Morgan fingerprint density at radius 1 is 1.43 bits per heavy atom. The highest BCUT2D eigenvalue weighted by Gasteiger charge is 2.13. The van der Waals surface area contributed by atoms with E-state index in [-0.39, 0.29) is 17.9 Å². The first-order valence-electron chi connectivity index (χ1n) is 4.17. The molecule has 4 nitrogen and oxygen atoms in total. The Morgan fingerprint density at radius 3 is 2.71 bits per heavy atom. The Labute approximate surface area is 81.1 Å². The number of rotatable bonds is 3. The molecule has 0 radical (unpaired) electrons. The molecular weight excluding hydrogens is 184 g/mol. The van der Waals surface area contributed by atoms with Crippen molar-refractivity contribution < 1.29 is 19.4 Å². The minimum Gasteiger partial charge on any atom is -0.508 e. The van der Waals surface area contributed by atoms with E-state index in [1.807, 2.05) is 0 Å². The molecule has 14 heavy (non-hydrogen) atoms. The molecule has 0 saturated carbocycles. The number of Topliss-reactive ketones (excluding diaryl/α,β-unsaturated/α-hetero) is 1. The van der Waals surface area contributed by atoms with E-state index in [2.05, 4.69) is 0 Å². The van der Waals surface area contributed by atoms with Crippen LogP contribution in [0.5, 0.6) is 11.5 Å². The quantitative estimate of drug-likeness (QED) is 0.447. The lowest BCUT2D eigenvalue weighted by atomic mass is 10.3. The molecule has 0 aliphatic carbocycles. The van der Waals surface area contributed by atoms with Crippen LogP contribution in [0.25, 0.3) is 0 Å². The molecule has 0 aliphatic rings. The van der Waals surface area contributed by atoms with E-state index < -0.39 is 11.8 Å². The molecule has 1 rings (SSSR count). The number of hydrogen-bond donors (Lipinski definition) is 1. The average molecular weight is 194 g/mol. The second-order valence-electron chi connectivity index (χ2n) is 2.66. The van der Waals surface area contributed by atoms with Gasteiger partial charge in [0.15, 0.2) is 0 Å². The first kappa shape index (κ1) is 10.2. The molecule has 0 amide bonds. The molecule has 0 spiro atoms. The van der Waals surface area contributed by atoms with Crippen LogP contribution >= 0.6 is 0 Å². The minimum atomic E-state index is -0.905. The summed E-state index contributed by atoms with van der Waals surface area (Å²) in [5.74, 6) is -1.34. The van der Waals surface area contributed by atoms with E-state index in [9.17, 15) is 9.59 Å². The third-order valence-electron chi connectivity index (χ3n) is 1.58. The van der Waals surface area contributed by atoms with Crippen LogP contribution in [0.1, 0.15) is 13.3 Å². The zero-order valence-electron chi connectivity index (χ0n) is 7.69. The van der Waals surface area contributed by atoms with Crippen molar-refractivity contribution in [2.24, 2.45) is 0 Å². The Bertz CT molecular complexity index is 357. The van der Waals surface area contributed by atoms with Gasteiger partial charge >= 0.3 is 5.97 Å². The normalized spacial score (nSPS) is 9.50. The van der Waals surface area contributed by atoms with E-state index in [1.54, 1.807) is 6.92 Å². The SMILES string of the molecule is CCC(=O)C(=O)Oc1cccc(O)c1. The molecule has 0 fully saturated rings. The topological polar surface area (TPSA) is 63.6 Å². The van der Waals surface area contributed by atoms with Gasteiger partial charge in [0.2, 0.25) is 5.78 Å². The van der Waals surface area contributed by atoms with E-state index in [4.69, 9.17) is 9.84 Å². The Hall–Kier alpha value is -1.84. The first-order chi connectivity index (χ1) is 6.63. The molecule has 1 aromatic carbocycles. The van der Waals surface area contributed by atoms with Crippen molar-refractivity contribution in [3.05, 3.63) is 24.3 Å². The van der Waals surface area contributed by atoms with Gasteiger partial charge in [0.25, 0.3) is 0 Å². The van der Waals surface area contributed by atoms with Crippen LogP contribution in [-0.2, 0) is 9.59 Å². The zero-order valence-corrected chi connectivity index (χ0v) is 7.69. The van der Waals surface area contributed by atoms with Gasteiger partial charge in [-0.25, -0.2) is 4.79 Å². The molecule has 1 aromatic rings. The monoisotopic (exact) mass is 194 g/mol. The van der Waals surface area contributed by atoms with Crippen LogP contribution in [-0.4, -0.2) is 16.9 Å². The fourth-order valence-electron chi connectivity index (χ4n) is 0.855. The molecule has 0 atom stereocenters. The lowest BCUT2D eigenvalue weighted by Gasteiger charge is -2.02. The summed E-state index contributed by atoms with van der Waals surface area (Å²) in [7, 11) is 0.